The number of aryl methyl sites for hydroxylation is 1. The molecule has 0 atom stereocenters. The van der Waals surface area contributed by atoms with E-state index in [1.165, 1.54) is 5.56 Å². The second-order valence-electron chi connectivity index (χ2n) is 6.45. The summed E-state index contributed by atoms with van der Waals surface area (Å²) >= 11 is 0. The molecule has 2 rings (SSSR count). The van der Waals surface area contributed by atoms with Gasteiger partial charge in [-0.3, -0.25) is 4.90 Å². The Kier molecular flexibility index (Phi) is 6.03. The van der Waals surface area contributed by atoms with Crippen molar-refractivity contribution in [2.75, 3.05) is 53.9 Å². The molecule has 0 aromatic heterocycles. The predicted octanol–water partition coefficient (Wildman–Crippen LogP) is 1.63. The van der Waals surface area contributed by atoms with Gasteiger partial charge in [0.1, 0.15) is 5.75 Å². The molecule has 0 bridgehead atoms. The van der Waals surface area contributed by atoms with E-state index < -0.39 is 0 Å². The Balaban J connectivity index is 1.92. The molecule has 118 valence electrons. The maximum absolute atomic E-state index is 10.1. The normalized spacial score (nSPS) is 17.5. The van der Waals surface area contributed by atoms with E-state index in [9.17, 15) is 5.11 Å². The van der Waals surface area contributed by atoms with E-state index in [-0.39, 0.29) is 0 Å². The zero-order chi connectivity index (χ0) is 15.2. The van der Waals surface area contributed by atoms with Crippen molar-refractivity contribution in [3.05, 3.63) is 29.3 Å². The van der Waals surface area contributed by atoms with Crippen LogP contribution in [0.2, 0.25) is 0 Å². The van der Waals surface area contributed by atoms with Crippen molar-refractivity contribution >= 4 is 0 Å². The molecule has 0 spiro atoms. The first-order valence-corrected chi connectivity index (χ1v) is 7.91. The molecule has 1 aliphatic heterocycles. The van der Waals surface area contributed by atoms with Gasteiger partial charge < -0.3 is 14.9 Å². The van der Waals surface area contributed by atoms with Crippen molar-refractivity contribution in [1.82, 2.24) is 14.7 Å². The smallest absolute Gasteiger partial charge is 0.120 e. The Hall–Kier alpha value is -1.10. The number of likely N-dealkylation sites (N-methyl/N-ethyl adjacent to an activating group) is 1. The van der Waals surface area contributed by atoms with E-state index in [2.05, 4.69) is 48.0 Å². The van der Waals surface area contributed by atoms with Crippen molar-refractivity contribution in [1.29, 1.82) is 0 Å². The van der Waals surface area contributed by atoms with E-state index in [0.29, 0.717) is 5.75 Å². The highest BCUT2D eigenvalue weighted by Crippen LogP contribution is 2.21. The van der Waals surface area contributed by atoms with Crippen LogP contribution >= 0.6 is 0 Å². The number of hydrogen-bond donors (Lipinski definition) is 1. The summed E-state index contributed by atoms with van der Waals surface area (Å²) in [7, 11) is 6.38. The Labute approximate surface area is 129 Å². The van der Waals surface area contributed by atoms with Crippen molar-refractivity contribution in [2.24, 2.45) is 0 Å². The van der Waals surface area contributed by atoms with Gasteiger partial charge in [0, 0.05) is 38.3 Å². The standard InChI is InChI=1S/C17H29N3O/c1-18(2)8-4-5-15-6-7-17(21)16(13-15)14-20-11-9-19(3)10-12-20/h6-7,13,21H,4-5,8-12,14H2,1-3H3. The van der Waals surface area contributed by atoms with Gasteiger partial charge in [0.25, 0.3) is 0 Å². The summed E-state index contributed by atoms with van der Waals surface area (Å²) in [6.07, 6.45) is 2.24. The minimum Gasteiger partial charge on any atom is -0.508 e. The van der Waals surface area contributed by atoms with Gasteiger partial charge in [-0.25, -0.2) is 0 Å². The van der Waals surface area contributed by atoms with E-state index in [0.717, 1.165) is 57.7 Å². The van der Waals surface area contributed by atoms with E-state index in [4.69, 9.17) is 0 Å². The lowest BCUT2D eigenvalue weighted by molar-refractivity contribution is 0.147. The van der Waals surface area contributed by atoms with Crippen LogP contribution in [-0.4, -0.2) is 73.7 Å². The number of piperazine rings is 1. The monoisotopic (exact) mass is 291 g/mol. The number of phenols is 1. The molecule has 1 aliphatic rings. The maximum atomic E-state index is 10.1. The Bertz CT molecular complexity index is 440. The van der Waals surface area contributed by atoms with Crippen LogP contribution in [-0.2, 0) is 13.0 Å². The molecule has 0 radical (unpaired) electrons. The van der Waals surface area contributed by atoms with E-state index >= 15 is 0 Å². The molecule has 4 heteroatoms. The Morgan fingerprint density at radius 3 is 2.52 bits per heavy atom. The van der Waals surface area contributed by atoms with Crippen LogP contribution in [0.25, 0.3) is 0 Å². The zero-order valence-corrected chi connectivity index (χ0v) is 13.7. The summed E-state index contributed by atoms with van der Waals surface area (Å²) in [5.41, 5.74) is 2.40. The van der Waals surface area contributed by atoms with Gasteiger partial charge in [0.15, 0.2) is 0 Å². The molecule has 1 N–H and O–H groups in total. The minimum atomic E-state index is 0.435. The molecule has 0 aliphatic carbocycles. The van der Waals surface area contributed by atoms with Crippen LogP contribution < -0.4 is 0 Å². The summed E-state index contributed by atoms with van der Waals surface area (Å²) in [5.74, 6) is 0.435. The fourth-order valence-corrected chi connectivity index (χ4v) is 2.77. The average molecular weight is 291 g/mol. The predicted molar refractivity (Wildman–Crippen MR) is 87.8 cm³/mol. The molecule has 0 unspecified atom stereocenters. The van der Waals surface area contributed by atoms with Crippen molar-refractivity contribution in [2.45, 2.75) is 19.4 Å². The number of aromatic hydroxyl groups is 1. The first kappa shape index (κ1) is 16.3. The van der Waals surface area contributed by atoms with Crippen molar-refractivity contribution in [3.63, 3.8) is 0 Å². The SMILES string of the molecule is CN(C)CCCc1ccc(O)c(CN2CCN(C)CC2)c1. The molecule has 1 aromatic carbocycles. The van der Waals surface area contributed by atoms with E-state index in [1.54, 1.807) is 0 Å². The van der Waals surface area contributed by atoms with Gasteiger partial charge in [0.2, 0.25) is 0 Å². The van der Waals surface area contributed by atoms with Gasteiger partial charge in [-0.1, -0.05) is 12.1 Å². The number of benzene rings is 1. The second-order valence-corrected chi connectivity index (χ2v) is 6.45. The highest BCUT2D eigenvalue weighted by Gasteiger charge is 2.15. The average Bonchev–Trinajstić information content (AvgIpc) is 2.44. The zero-order valence-electron chi connectivity index (χ0n) is 13.7. The lowest BCUT2D eigenvalue weighted by Gasteiger charge is -2.32. The first-order valence-electron chi connectivity index (χ1n) is 7.91. The second kappa shape index (κ2) is 7.78. The summed E-state index contributed by atoms with van der Waals surface area (Å²) in [6.45, 7) is 6.37. The van der Waals surface area contributed by atoms with Crippen LogP contribution in [0.5, 0.6) is 5.75 Å². The highest BCUT2D eigenvalue weighted by atomic mass is 16.3. The summed E-state index contributed by atoms with van der Waals surface area (Å²) in [6, 6.07) is 6.10. The number of hydrogen-bond acceptors (Lipinski definition) is 4. The minimum absolute atomic E-state index is 0.435. The third-order valence-corrected chi connectivity index (χ3v) is 4.20. The summed E-state index contributed by atoms with van der Waals surface area (Å²) in [4.78, 5) is 7.00. The van der Waals surface area contributed by atoms with Crippen LogP contribution in [0.1, 0.15) is 17.5 Å². The van der Waals surface area contributed by atoms with Gasteiger partial charge in [-0.15, -0.1) is 0 Å². The Morgan fingerprint density at radius 2 is 1.86 bits per heavy atom. The third kappa shape index (κ3) is 5.30. The van der Waals surface area contributed by atoms with E-state index in [1.807, 2.05) is 6.07 Å². The van der Waals surface area contributed by atoms with Gasteiger partial charge in [-0.2, -0.15) is 0 Å². The van der Waals surface area contributed by atoms with Crippen LogP contribution in [0.3, 0.4) is 0 Å². The largest absolute Gasteiger partial charge is 0.508 e. The fraction of sp³-hybridized carbons (Fsp3) is 0.647. The molecule has 1 aromatic rings. The summed E-state index contributed by atoms with van der Waals surface area (Å²) in [5, 5.41) is 10.1. The lowest BCUT2D eigenvalue weighted by Crippen LogP contribution is -2.43. The van der Waals surface area contributed by atoms with Crippen molar-refractivity contribution in [3.8, 4) is 5.75 Å². The van der Waals surface area contributed by atoms with Gasteiger partial charge >= 0.3 is 0 Å². The molecule has 21 heavy (non-hydrogen) atoms. The molecule has 4 nitrogen and oxygen atoms in total. The van der Waals surface area contributed by atoms with Gasteiger partial charge in [-0.05, 0) is 52.2 Å². The number of nitrogens with zero attached hydrogens (tertiary/aromatic N) is 3. The number of rotatable bonds is 6. The van der Waals surface area contributed by atoms with Crippen molar-refractivity contribution < 1.29 is 5.11 Å². The van der Waals surface area contributed by atoms with Crippen LogP contribution in [0.4, 0.5) is 0 Å². The Morgan fingerprint density at radius 1 is 1.14 bits per heavy atom. The first-order chi connectivity index (χ1) is 10.0. The van der Waals surface area contributed by atoms with Crippen LogP contribution in [0.15, 0.2) is 18.2 Å². The maximum Gasteiger partial charge on any atom is 0.120 e. The molecular weight excluding hydrogens is 262 g/mol. The quantitative estimate of drug-likeness (QED) is 0.863. The summed E-state index contributed by atoms with van der Waals surface area (Å²) < 4.78 is 0. The molecule has 0 amide bonds. The topological polar surface area (TPSA) is 30.0 Å². The number of phenolic OH excluding ortho intramolecular Hbond substituents is 1. The highest BCUT2D eigenvalue weighted by molar-refractivity contribution is 5.36. The molecule has 1 fully saturated rings. The fourth-order valence-electron chi connectivity index (χ4n) is 2.77. The van der Waals surface area contributed by atoms with Gasteiger partial charge in [0.05, 0.1) is 0 Å². The lowest BCUT2D eigenvalue weighted by atomic mass is 10.0. The molecular formula is C17H29N3O. The molecule has 1 saturated heterocycles. The molecule has 1 heterocycles. The van der Waals surface area contributed by atoms with Crippen LogP contribution in [0, 0.1) is 0 Å². The molecule has 0 saturated carbocycles. The third-order valence-electron chi connectivity index (χ3n) is 4.20.